The summed E-state index contributed by atoms with van der Waals surface area (Å²) in [4.78, 5) is 48.1. The first-order chi connectivity index (χ1) is 19.9. The molecule has 2 saturated heterocycles. The van der Waals surface area contributed by atoms with Crippen molar-refractivity contribution < 1.29 is 19.1 Å². The lowest BCUT2D eigenvalue weighted by Gasteiger charge is -2.28. The zero-order valence-corrected chi connectivity index (χ0v) is 24.9. The second-order valence-electron chi connectivity index (χ2n) is 12.2. The number of piperidine rings is 1. The highest BCUT2D eigenvalue weighted by Crippen LogP contribution is 2.52. The van der Waals surface area contributed by atoms with Gasteiger partial charge < -0.3 is 15.0 Å². The van der Waals surface area contributed by atoms with Gasteiger partial charge in [-0.25, -0.2) is 4.79 Å². The fourth-order valence-electron chi connectivity index (χ4n) is 5.86. The lowest BCUT2D eigenvalue weighted by atomic mass is 9.87. The lowest BCUT2D eigenvalue weighted by Crippen LogP contribution is -2.49. The molecule has 2 aromatic rings. The number of fused-ring (bicyclic) bond motifs is 1. The van der Waals surface area contributed by atoms with Crippen molar-refractivity contribution in [2.75, 3.05) is 13.1 Å². The standard InChI is InChI=1S/C32H34ClN5O4/c1-20(33)9-12-32(16-21-10-13-35-14-11-21)29(40)38(27(36-32)15-26(39)23-7-5-22(17-34)6-8-23)28-24-18-37(19-25(24)28)30(41)42-31(2,3)4/h5-11,13-15,24-25,28,36H,12,16,18-19H2,1-4H3/b20-9-,27-15+/t24-,25+,28+,32?. The minimum atomic E-state index is -1.07. The molecule has 10 heteroatoms. The molecule has 1 aromatic heterocycles. The zero-order chi connectivity index (χ0) is 30.2. The second-order valence-corrected chi connectivity index (χ2v) is 12.8. The zero-order valence-electron chi connectivity index (χ0n) is 24.1. The Morgan fingerprint density at radius 1 is 1.17 bits per heavy atom. The van der Waals surface area contributed by atoms with E-state index >= 15 is 0 Å². The van der Waals surface area contributed by atoms with Gasteiger partial charge in [0.1, 0.15) is 17.0 Å². The van der Waals surface area contributed by atoms with E-state index in [4.69, 9.17) is 21.6 Å². The normalized spacial score (nSPS) is 26.1. The van der Waals surface area contributed by atoms with Crippen molar-refractivity contribution in [2.45, 2.75) is 57.7 Å². The van der Waals surface area contributed by atoms with Crippen LogP contribution in [0.1, 0.15) is 55.6 Å². The number of carbonyl (C=O) groups excluding carboxylic acids is 3. The van der Waals surface area contributed by atoms with Crippen molar-refractivity contribution >= 4 is 29.4 Å². The number of nitriles is 1. The third kappa shape index (κ3) is 6.04. The lowest BCUT2D eigenvalue weighted by molar-refractivity contribution is -0.132. The number of aromatic nitrogens is 1. The number of allylic oxidation sites excluding steroid dienone is 2. The summed E-state index contributed by atoms with van der Waals surface area (Å²) in [5.41, 5.74) is 0.107. The maximum Gasteiger partial charge on any atom is 0.410 e. The Hall–Kier alpha value is -4.16. The molecule has 1 unspecified atom stereocenters. The third-order valence-corrected chi connectivity index (χ3v) is 8.06. The summed E-state index contributed by atoms with van der Waals surface area (Å²) in [6, 6.07) is 12.0. The SMILES string of the molecule is C/C(Cl)=C/CC1(Cc2ccncc2)N/C(=C\C(=O)c2ccc(C#N)cc2)N([C@H]2[C@@H]3CN(C(=O)OC(C)(C)C)C[C@@H]32)C1=O. The number of nitrogens with zero attached hydrogens (tertiary/aromatic N) is 4. The monoisotopic (exact) mass is 587 g/mol. The number of ether oxygens (including phenoxy) is 1. The van der Waals surface area contributed by atoms with Crippen molar-refractivity contribution in [2.24, 2.45) is 11.8 Å². The number of amides is 2. The van der Waals surface area contributed by atoms with Crippen molar-refractivity contribution in [3.63, 3.8) is 0 Å². The van der Waals surface area contributed by atoms with Crippen LogP contribution in [-0.2, 0) is 16.0 Å². The van der Waals surface area contributed by atoms with E-state index in [9.17, 15) is 14.4 Å². The summed E-state index contributed by atoms with van der Waals surface area (Å²) in [5, 5.41) is 13.1. The van der Waals surface area contributed by atoms with E-state index < -0.39 is 11.1 Å². The predicted molar refractivity (Wildman–Crippen MR) is 157 cm³/mol. The van der Waals surface area contributed by atoms with Gasteiger partial charge in [-0.05, 0) is 76.1 Å². The molecule has 4 atom stereocenters. The van der Waals surface area contributed by atoms with Crippen LogP contribution in [0.2, 0.25) is 0 Å². The van der Waals surface area contributed by atoms with Crippen LogP contribution < -0.4 is 5.32 Å². The van der Waals surface area contributed by atoms with Gasteiger partial charge in [0.2, 0.25) is 0 Å². The number of hydrogen-bond donors (Lipinski definition) is 1. The fraction of sp³-hybridized carbons (Fsp3) is 0.406. The predicted octanol–water partition coefficient (Wildman–Crippen LogP) is 4.79. The van der Waals surface area contributed by atoms with Crippen molar-refractivity contribution in [1.82, 2.24) is 20.1 Å². The maximum absolute atomic E-state index is 14.5. The van der Waals surface area contributed by atoms with E-state index in [0.29, 0.717) is 47.9 Å². The topological polar surface area (TPSA) is 116 Å². The molecule has 0 spiro atoms. The van der Waals surface area contributed by atoms with Crippen molar-refractivity contribution in [3.05, 3.63) is 88.5 Å². The second kappa shape index (κ2) is 11.3. The van der Waals surface area contributed by atoms with Crippen LogP contribution in [-0.4, -0.2) is 62.8 Å². The molecule has 218 valence electrons. The van der Waals surface area contributed by atoms with Gasteiger partial charge in [-0.2, -0.15) is 5.26 Å². The van der Waals surface area contributed by atoms with Crippen LogP contribution in [0, 0.1) is 23.2 Å². The Kier molecular flexibility index (Phi) is 7.86. The van der Waals surface area contributed by atoms with E-state index in [1.807, 2.05) is 39.0 Å². The maximum atomic E-state index is 14.5. The van der Waals surface area contributed by atoms with Gasteiger partial charge in [0, 0.05) is 66.5 Å². The van der Waals surface area contributed by atoms with E-state index in [1.165, 1.54) is 6.08 Å². The number of ketones is 1. The minimum Gasteiger partial charge on any atom is -0.444 e. The van der Waals surface area contributed by atoms with Gasteiger partial charge in [-0.15, -0.1) is 0 Å². The Morgan fingerprint density at radius 3 is 2.38 bits per heavy atom. The summed E-state index contributed by atoms with van der Waals surface area (Å²) < 4.78 is 5.56. The molecular formula is C32H34ClN5O4. The number of halogens is 1. The van der Waals surface area contributed by atoms with Crippen LogP contribution in [0.25, 0.3) is 0 Å². The minimum absolute atomic E-state index is 0.0683. The largest absolute Gasteiger partial charge is 0.444 e. The summed E-state index contributed by atoms with van der Waals surface area (Å²) in [6.07, 6.45) is 6.96. The summed E-state index contributed by atoms with van der Waals surface area (Å²) in [7, 11) is 0. The van der Waals surface area contributed by atoms with Crippen LogP contribution in [0.4, 0.5) is 4.79 Å². The molecule has 2 amide bonds. The van der Waals surface area contributed by atoms with Crippen LogP contribution >= 0.6 is 11.6 Å². The molecule has 1 N–H and O–H groups in total. The average molecular weight is 588 g/mol. The molecule has 1 aromatic carbocycles. The van der Waals surface area contributed by atoms with Gasteiger partial charge in [-0.1, -0.05) is 17.7 Å². The molecule has 3 fully saturated rings. The Morgan fingerprint density at radius 2 is 1.81 bits per heavy atom. The molecule has 3 aliphatic rings. The number of nitrogens with one attached hydrogen (secondary N) is 1. The summed E-state index contributed by atoms with van der Waals surface area (Å²) in [6.45, 7) is 8.22. The highest BCUT2D eigenvalue weighted by Gasteiger charge is 2.65. The van der Waals surface area contributed by atoms with E-state index in [1.54, 1.807) is 53.4 Å². The van der Waals surface area contributed by atoms with Crippen LogP contribution in [0.15, 0.2) is 71.8 Å². The van der Waals surface area contributed by atoms with Gasteiger partial charge in [0.05, 0.1) is 11.6 Å². The average Bonchev–Trinajstić information content (AvgIpc) is 3.28. The molecule has 1 saturated carbocycles. The van der Waals surface area contributed by atoms with E-state index in [0.717, 1.165) is 5.56 Å². The first-order valence-corrected chi connectivity index (χ1v) is 14.4. The van der Waals surface area contributed by atoms with Crippen molar-refractivity contribution in [1.29, 1.82) is 5.26 Å². The Labute approximate surface area is 250 Å². The number of rotatable bonds is 7. The summed E-state index contributed by atoms with van der Waals surface area (Å²) >= 11 is 6.23. The fourth-order valence-corrected chi connectivity index (χ4v) is 5.94. The number of carbonyl (C=O) groups is 3. The molecular weight excluding hydrogens is 554 g/mol. The Balaban J connectivity index is 1.47. The Bertz CT molecular complexity index is 1480. The van der Waals surface area contributed by atoms with Gasteiger partial charge >= 0.3 is 6.09 Å². The number of pyridine rings is 1. The number of likely N-dealkylation sites (tertiary alicyclic amines) is 1. The van der Waals surface area contributed by atoms with Gasteiger partial charge in [0.15, 0.2) is 5.78 Å². The highest BCUT2D eigenvalue weighted by molar-refractivity contribution is 6.29. The molecule has 3 heterocycles. The molecule has 42 heavy (non-hydrogen) atoms. The molecule has 0 radical (unpaired) electrons. The first kappa shape index (κ1) is 29.3. The molecule has 9 nitrogen and oxygen atoms in total. The first-order valence-electron chi connectivity index (χ1n) is 14.0. The quantitative estimate of drug-likeness (QED) is 0.366. The van der Waals surface area contributed by atoms with Gasteiger partial charge in [-0.3, -0.25) is 19.5 Å². The molecule has 1 aliphatic carbocycles. The van der Waals surface area contributed by atoms with Gasteiger partial charge in [0.25, 0.3) is 5.91 Å². The van der Waals surface area contributed by atoms with E-state index in [2.05, 4.69) is 16.4 Å². The third-order valence-electron chi connectivity index (χ3n) is 7.91. The van der Waals surface area contributed by atoms with Crippen LogP contribution in [0.5, 0.6) is 0 Å². The van der Waals surface area contributed by atoms with Crippen LogP contribution in [0.3, 0.4) is 0 Å². The smallest absolute Gasteiger partial charge is 0.410 e. The molecule has 2 aliphatic heterocycles. The number of hydrogen-bond acceptors (Lipinski definition) is 7. The molecule has 5 rings (SSSR count). The van der Waals surface area contributed by atoms with E-state index in [-0.39, 0.29) is 35.7 Å². The number of benzene rings is 1. The van der Waals surface area contributed by atoms with Crippen molar-refractivity contribution in [3.8, 4) is 6.07 Å². The molecule has 0 bridgehead atoms. The highest BCUT2D eigenvalue weighted by atomic mass is 35.5. The summed E-state index contributed by atoms with van der Waals surface area (Å²) in [5.74, 6) is 0.130.